The molecule has 2 aromatic carbocycles. The number of halogens is 2. The van der Waals surface area contributed by atoms with Crippen LogP contribution in [0.5, 0.6) is 5.75 Å². The molecule has 0 aliphatic carbocycles. The summed E-state index contributed by atoms with van der Waals surface area (Å²) in [5, 5.41) is 0. The Balaban J connectivity index is 0.00000272. The molecule has 0 fully saturated rings. The van der Waals surface area contributed by atoms with Crippen LogP contribution < -0.4 is 10.5 Å². The fraction of sp³-hybridized carbons (Fsp3) is 0.304. The van der Waals surface area contributed by atoms with Crippen LogP contribution in [0.15, 0.2) is 52.9 Å². The van der Waals surface area contributed by atoms with Gasteiger partial charge in [0.15, 0.2) is 5.89 Å². The van der Waals surface area contributed by atoms with Gasteiger partial charge in [-0.1, -0.05) is 30.3 Å². The molecule has 0 bridgehead atoms. The lowest BCUT2D eigenvalue weighted by molar-refractivity contribution is 0.0723. The van der Waals surface area contributed by atoms with E-state index in [9.17, 15) is 9.18 Å². The van der Waals surface area contributed by atoms with Gasteiger partial charge >= 0.3 is 0 Å². The second kappa shape index (κ2) is 10.4. The van der Waals surface area contributed by atoms with Crippen LogP contribution in [0.25, 0.3) is 0 Å². The Bertz CT molecular complexity index is 1030. The number of benzene rings is 2. The van der Waals surface area contributed by atoms with Gasteiger partial charge in [-0.05, 0) is 30.2 Å². The number of aromatic nitrogens is 1. The number of carbonyl (C=O) groups is 1. The van der Waals surface area contributed by atoms with E-state index in [2.05, 4.69) is 17.1 Å². The minimum absolute atomic E-state index is 0. The van der Waals surface area contributed by atoms with E-state index in [-0.39, 0.29) is 30.5 Å². The van der Waals surface area contributed by atoms with Crippen LogP contribution in [0, 0.1) is 5.82 Å². The molecule has 1 aliphatic rings. The van der Waals surface area contributed by atoms with Gasteiger partial charge in [0.25, 0.3) is 5.91 Å². The van der Waals surface area contributed by atoms with Crippen LogP contribution in [0.2, 0.25) is 0 Å². The zero-order valence-corrected chi connectivity index (χ0v) is 17.9. The average molecular weight is 446 g/mol. The van der Waals surface area contributed by atoms with Gasteiger partial charge in [0.1, 0.15) is 29.6 Å². The first-order valence-corrected chi connectivity index (χ1v) is 10.1. The van der Waals surface area contributed by atoms with E-state index in [1.807, 2.05) is 18.2 Å². The molecule has 2 heterocycles. The lowest BCUT2D eigenvalue weighted by Gasteiger charge is -2.26. The molecule has 164 valence electrons. The molecule has 1 aliphatic heterocycles. The fourth-order valence-electron chi connectivity index (χ4n) is 3.56. The molecule has 0 radical (unpaired) electrons. The van der Waals surface area contributed by atoms with Crippen molar-refractivity contribution in [1.82, 2.24) is 9.88 Å². The first kappa shape index (κ1) is 22.8. The maximum Gasteiger partial charge on any atom is 0.258 e. The minimum Gasteiger partial charge on any atom is -0.491 e. The topological polar surface area (TPSA) is 81.6 Å². The molecule has 8 heteroatoms. The number of fused-ring (bicyclic) bond motifs is 1. The molecule has 6 nitrogen and oxygen atoms in total. The van der Waals surface area contributed by atoms with Gasteiger partial charge in [-0.25, -0.2) is 9.37 Å². The molecule has 0 saturated heterocycles. The van der Waals surface area contributed by atoms with Gasteiger partial charge in [-0.3, -0.25) is 4.79 Å². The van der Waals surface area contributed by atoms with Crippen molar-refractivity contribution in [3.05, 3.63) is 82.8 Å². The van der Waals surface area contributed by atoms with Crippen LogP contribution in [0.1, 0.15) is 33.3 Å². The highest BCUT2D eigenvalue weighted by Gasteiger charge is 2.28. The van der Waals surface area contributed by atoms with E-state index >= 15 is 0 Å². The molecule has 0 atom stereocenters. The first-order valence-electron chi connectivity index (χ1n) is 10.1. The highest BCUT2D eigenvalue weighted by atomic mass is 35.5. The van der Waals surface area contributed by atoms with E-state index < -0.39 is 5.82 Å². The number of nitrogens with two attached hydrogens (primary N) is 1. The Morgan fingerprint density at radius 2 is 2.00 bits per heavy atom. The molecule has 0 spiro atoms. The predicted molar refractivity (Wildman–Crippen MR) is 117 cm³/mol. The van der Waals surface area contributed by atoms with Crippen molar-refractivity contribution >= 4 is 18.3 Å². The predicted octanol–water partition coefficient (Wildman–Crippen LogP) is 3.56. The Morgan fingerprint density at radius 3 is 2.77 bits per heavy atom. The molecule has 0 unspecified atom stereocenters. The molecular formula is C23H25ClFN3O3. The summed E-state index contributed by atoms with van der Waals surface area (Å²) >= 11 is 0. The normalized spacial score (nSPS) is 12.8. The van der Waals surface area contributed by atoms with Crippen molar-refractivity contribution in [3.8, 4) is 5.75 Å². The molecule has 1 aromatic heterocycles. The number of rotatable bonds is 7. The number of hydrogen-bond donors (Lipinski definition) is 1. The summed E-state index contributed by atoms with van der Waals surface area (Å²) in [4.78, 5) is 19.3. The summed E-state index contributed by atoms with van der Waals surface area (Å²) in [6.45, 7) is 1.37. The largest absolute Gasteiger partial charge is 0.491 e. The molecule has 1 amide bonds. The van der Waals surface area contributed by atoms with Gasteiger partial charge in [-0.15, -0.1) is 12.4 Å². The van der Waals surface area contributed by atoms with Crippen LogP contribution in [-0.4, -0.2) is 35.5 Å². The van der Waals surface area contributed by atoms with E-state index in [1.165, 1.54) is 23.8 Å². The second-order valence-electron chi connectivity index (χ2n) is 7.22. The maximum atomic E-state index is 13.8. The number of nitrogens with zero attached hydrogens (tertiary/aromatic N) is 2. The van der Waals surface area contributed by atoms with E-state index in [4.69, 9.17) is 14.9 Å². The van der Waals surface area contributed by atoms with Gasteiger partial charge in [0.2, 0.25) is 0 Å². The van der Waals surface area contributed by atoms with E-state index in [0.717, 1.165) is 17.9 Å². The molecule has 31 heavy (non-hydrogen) atoms. The lowest BCUT2D eigenvalue weighted by atomic mass is 10.1. The first-order chi connectivity index (χ1) is 14.6. The lowest BCUT2D eigenvalue weighted by Crippen LogP contribution is -2.36. The van der Waals surface area contributed by atoms with Crippen molar-refractivity contribution in [2.75, 3.05) is 19.7 Å². The Hall–Kier alpha value is -2.90. The molecule has 0 saturated carbocycles. The van der Waals surface area contributed by atoms with Crippen LogP contribution in [-0.2, 0) is 25.8 Å². The minimum atomic E-state index is -0.485. The smallest absolute Gasteiger partial charge is 0.258 e. The zero-order chi connectivity index (χ0) is 20.9. The Kier molecular flexibility index (Phi) is 7.65. The maximum absolute atomic E-state index is 13.8. The number of aryl methyl sites for hydroxylation is 2. The monoisotopic (exact) mass is 445 g/mol. The molecular weight excluding hydrogens is 421 g/mol. The van der Waals surface area contributed by atoms with E-state index in [0.29, 0.717) is 44.1 Å². The van der Waals surface area contributed by atoms with Crippen LogP contribution in [0.4, 0.5) is 4.39 Å². The summed E-state index contributed by atoms with van der Waals surface area (Å²) < 4.78 is 25.2. The van der Waals surface area contributed by atoms with Gasteiger partial charge in [-0.2, -0.15) is 0 Å². The SMILES string of the molecule is Cl.NCCOc1ccc(F)cc1C(=O)N1CCc2oc(CCc3ccccc3)nc2C1. The summed E-state index contributed by atoms with van der Waals surface area (Å²) in [5.41, 5.74) is 7.66. The van der Waals surface area contributed by atoms with Crippen molar-refractivity contribution < 1.29 is 18.3 Å². The zero-order valence-electron chi connectivity index (χ0n) is 17.1. The summed E-state index contributed by atoms with van der Waals surface area (Å²) in [7, 11) is 0. The third-order valence-electron chi connectivity index (χ3n) is 5.08. The van der Waals surface area contributed by atoms with Gasteiger partial charge < -0.3 is 19.8 Å². The van der Waals surface area contributed by atoms with Crippen LogP contribution >= 0.6 is 12.4 Å². The van der Waals surface area contributed by atoms with E-state index in [1.54, 1.807) is 4.90 Å². The molecule has 2 N–H and O–H groups in total. The summed E-state index contributed by atoms with van der Waals surface area (Å²) in [5.74, 6) is 1.06. The van der Waals surface area contributed by atoms with Gasteiger partial charge in [0, 0.05) is 25.9 Å². The second-order valence-corrected chi connectivity index (χ2v) is 7.22. The standard InChI is InChI=1S/C23H24FN3O3.ClH/c24-17-7-8-20(29-13-11-25)18(14-17)23(28)27-12-10-21-19(15-27)26-22(30-21)9-6-16-4-2-1-3-5-16;/h1-5,7-8,14H,6,9-13,15,25H2;1H. The highest BCUT2D eigenvalue weighted by Crippen LogP contribution is 2.26. The van der Waals surface area contributed by atoms with Crippen molar-refractivity contribution in [2.24, 2.45) is 5.73 Å². The number of ether oxygens (including phenoxy) is 1. The average Bonchev–Trinajstić information content (AvgIpc) is 3.19. The summed E-state index contributed by atoms with van der Waals surface area (Å²) in [6.07, 6.45) is 2.12. The quantitative estimate of drug-likeness (QED) is 0.601. The third kappa shape index (κ3) is 5.42. The molecule has 3 aromatic rings. The Morgan fingerprint density at radius 1 is 1.19 bits per heavy atom. The number of carbonyl (C=O) groups excluding carboxylic acids is 1. The Labute approximate surface area is 186 Å². The molecule has 4 rings (SSSR count). The summed E-state index contributed by atoms with van der Waals surface area (Å²) in [6, 6.07) is 14.1. The number of hydrogen-bond acceptors (Lipinski definition) is 5. The van der Waals surface area contributed by atoms with Crippen LogP contribution in [0.3, 0.4) is 0 Å². The number of amides is 1. The third-order valence-corrected chi connectivity index (χ3v) is 5.08. The van der Waals surface area contributed by atoms with Crippen molar-refractivity contribution in [3.63, 3.8) is 0 Å². The highest BCUT2D eigenvalue weighted by molar-refractivity contribution is 5.97. The van der Waals surface area contributed by atoms with Crippen molar-refractivity contribution in [1.29, 1.82) is 0 Å². The van der Waals surface area contributed by atoms with Crippen molar-refractivity contribution in [2.45, 2.75) is 25.8 Å². The number of oxazole rings is 1. The van der Waals surface area contributed by atoms with Gasteiger partial charge in [0.05, 0.1) is 12.1 Å². The fourth-order valence-corrected chi connectivity index (χ4v) is 3.56.